The summed E-state index contributed by atoms with van der Waals surface area (Å²) in [6, 6.07) is 12.5. The third-order valence-corrected chi connectivity index (χ3v) is 7.06. The van der Waals surface area contributed by atoms with E-state index >= 15 is 0 Å². The Bertz CT molecular complexity index is 1120. The summed E-state index contributed by atoms with van der Waals surface area (Å²) < 4.78 is 25.5. The molecule has 9 heteroatoms. The molecule has 2 aromatic rings. The zero-order chi connectivity index (χ0) is 23.0. The van der Waals surface area contributed by atoms with Gasteiger partial charge in [-0.25, -0.2) is 8.42 Å². The Morgan fingerprint density at radius 3 is 2.35 bits per heavy atom. The minimum absolute atomic E-state index is 0.142. The van der Waals surface area contributed by atoms with E-state index in [2.05, 4.69) is 5.32 Å². The molecule has 1 aliphatic heterocycles. The fourth-order valence-electron chi connectivity index (χ4n) is 3.64. The van der Waals surface area contributed by atoms with Crippen molar-refractivity contribution in [3.05, 3.63) is 64.2 Å². The summed E-state index contributed by atoms with van der Waals surface area (Å²) in [5, 5.41) is 3.44. The fraction of sp³-hybridized carbons (Fsp3) is 0.364. The number of nitrogens with zero attached hydrogens (tertiary/aromatic N) is 2. The number of rotatable bonds is 5. The van der Waals surface area contributed by atoms with E-state index in [4.69, 9.17) is 11.6 Å². The van der Waals surface area contributed by atoms with E-state index in [0.717, 1.165) is 27.3 Å². The predicted octanol–water partition coefficient (Wildman–Crippen LogP) is 2.64. The molecular weight excluding hydrogens is 438 g/mol. The van der Waals surface area contributed by atoms with Gasteiger partial charge < -0.3 is 5.32 Å². The second-order valence-electron chi connectivity index (χ2n) is 8.11. The molecule has 1 heterocycles. The maximum atomic E-state index is 13.4. The van der Waals surface area contributed by atoms with Crippen LogP contribution in [0.4, 0.5) is 5.69 Å². The zero-order valence-electron chi connectivity index (χ0n) is 18.0. The van der Waals surface area contributed by atoms with Gasteiger partial charge in [0, 0.05) is 23.8 Å². The molecule has 2 aromatic carbocycles. The molecule has 31 heavy (non-hydrogen) atoms. The summed E-state index contributed by atoms with van der Waals surface area (Å²) in [4.78, 5) is 27.9. The van der Waals surface area contributed by atoms with Gasteiger partial charge in [-0.3, -0.25) is 14.5 Å². The van der Waals surface area contributed by atoms with Gasteiger partial charge in [0.2, 0.25) is 21.8 Å². The van der Waals surface area contributed by atoms with Crippen LogP contribution in [0.15, 0.2) is 42.5 Å². The van der Waals surface area contributed by atoms with Crippen molar-refractivity contribution in [1.29, 1.82) is 0 Å². The Kier molecular flexibility index (Phi) is 6.45. The van der Waals surface area contributed by atoms with E-state index in [0.29, 0.717) is 10.7 Å². The van der Waals surface area contributed by atoms with E-state index in [1.54, 1.807) is 37.3 Å². The molecule has 166 valence electrons. The SMILES string of the molecule is Cc1ccc(N2C(=O)CN(S(C)(=O)=O)C[C@@]2(C)C(=O)NCc2ccc(Cl)cc2)cc1C. The average molecular weight is 464 g/mol. The van der Waals surface area contributed by atoms with Gasteiger partial charge >= 0.3 is 0 Å². The molecule has 0 radical (unpaired) electrons. The number of halogens is 1. The highest BCUT2D eigenvalue weighted by molar-refractivity contribution is 7.88. The van der Waals surface area contributed by atoms with Gasteiger partial charge in [-0.2, -0.15) is 4.31 Å². The first-order valence-corrected chi connectivity index (χ1v) is 12.0. The number of aryl methyl sites for hydroxylation is 2. The van der Waals surface area contributed by atoms with Gasteiger partial charge in [0.1, 0.15) is 5.54 Å². The van der Waals surface area contributed by atoms with Crippen molar-refractivity contribution in [1.82, 2.24) is 9.62 Å². The standard InChI is InChI=1S/C22H26ClN3O4S/c1-15-5-10-19(11-16(15)2)26-20(27)13-25(31(4,29)30)14-22(26,3)21(28)24-12-17-6-8-18(23)9-7-17/h5-11H,12-14H2,1-4H3,(H,24,28)/t22-/m0/s1. The number of hydrogen-bond donors (Lipinski definition) is 1. The van der Waals surface area contributed by atoms with Crippen molar-refractivity contribution in [2.45, 2.75) is 32.9 Å². The van der Waals surface area contributed by atoms with E-state index in [9.17, 15) is 18.0 Å². The smallest absolute Gasteiger partial charge is 0.247 e. The van der Waals surface area contributed by atoms with Crippen molar-refractivity contribution in [3.63, 3.8) is 0 Å². The van der Waals surface area contributed by atoms with E-state index in [1.165, 1.54) is 4.90 Å². The van der Waals surface area contributed by atoms with Crippen molar-refractivity contribution >= 4 is 39.1 Å². The second-order valence-corrected chi connectivity index (χ2v) is 10.5. The van der Waals surface area contributed by atoms with Crippen LogP contribution in [0.1, 0.15) is 23.6 Å². The van der Waals surface area contributed by atoms with Crippen LogP contribution in [0, 0.1) is 13.8 Å². The molecule has 1 N–H and O–H groups in total. The third-order valence-electron chi connectivity index (χ3n) is 5.61. The minimum atomic E-state index is -3.66. The number of nitrogens with one attached hydrogen (secondary N) is 1. The Hall–Kier alpha value is -2.42. The van der Waals surface area contributed by atoms with Crippen LogP contribution >= 0.6 is 11.6 Å². The number of amides is 2. The number of sulfonamides is 1. The van der Waals surface area contributed by atoms with Crippen molar-refractivity contribution in [2.75, 3.05) is 24.2 Å². The molecule has 0 unspecified atom stereocenters. The largest absolute Gasteiger partial charge is 0.350 e. The van der Waals surface area contributed by atoms with Crippen LogP contribution in [0.2, 0.25) is 5.02 Å². The van der Waals surface area contributed by atoms with Crippen molar-refractivity contribution in [2.24, 2.45) is 0 Å². The maximum Gasteiger partial charge on any atom is 0.247 e. The molecule has 1 saturated heterocycles. The predicted molar refractivity (Wildman–Crippen MR) is 122 cm³/mol. The van der Waals surface area contributed by atoms with Crippen LogP contribution in [0.3, 0.4) is 0 Å². The van der Waals surface area contributed by atoms with Crippen LogP contribution < -0.4 is 10.2 Å². The average Bonchev–Trinajstić information content (AvgIpc) is 2.68. The maximum absolute atomic E-state index is 13.4. The Labute approximate surface area is 188 Å². The Balaban J connectivity index is 1.97. The van der Waals surface area contributed by atoms with Crippen LogP contribution in [-0.4, -0.2) is 49.4 Å². The Morgan fingerprint density at radius 2 is 1.77 bits per heavy atom. The molecule has 1 aliphatic rings. The van der Waals surface area contributed by atoms with Crippen LogP contribution in [-0.2, 0) is 26.2 Å². The number of carbonyl (C=O) groups excluding carboxylic acids is 2. The number of benzene rings is 2. The Morgan fingerprint density at radius 1 is 1.13 bits per heavy atom. The van der Waals surface area contributed by atoms with Gasteiger partial charge in [0.15, 0.2) is 0 Å². The van der Waals surface area contributed by atoms with Gasteiger partial charge in [0.05, 0.1) is 12.8 Å². The first-order valence-electron chi connectivity index (χ1n) is 9.80. The molecule has 1 atom stereocenters. The molecule has 0 aromatic heterocycles. The molecular formula is C22H26ClN3O4S. The second kappa shape index (κ2) is 8.61. The van der Waals surface area contributed by atoms with Crippen LogP contribution in [0.5, 0.6) is 0 Å². The lowest BCUT2D eigenvalue weighted by atomic mass is 9.93. The number of anilines is 1. The highest BCUT2D eigenvalue weighted by atomic mass is 35.5. The highest BCUT2D eigenvalue weighted by Gasteiger charge is 2.50. The molecule has 3 rings (SSSR count). The summed E-state index contributed by atoms with van der Waals surface area (Å²) in [5.74, 6) is -0.897. The van der Waals surface area contributed by atoms with E-state index in [-0.39, 0.29) is 19.6 Å². The fourth-order valence-corrected chi connectivity index (χ4v) is 4.60. The molecule has 0 saturated carbocycles. The normalized spacial score (nSPS) is 20.0. The number of hydrogen-bond acceptors (Lipinski definition) is 4. The lowest BCUT2D eigenvalue weighted by Gasteiger charge is -2.46. The summed E-state index contributed by atoms with van der Waals surface area (Å²) in [5.41, 5.74) is 2.00. The summed E-state index contributed by atoms with van der Waals surface area (Å²) in [7, 11) is -3.66. The van der Waals surface area contributed by atoms with Gasteiger partial charge in [-0.05, 0) is 61.7 Å². The number of piperazine rings is 1. The third kappa shape index (κ3) is 4.92. The van der Waals surface area contributed by atoms with Gasteiger partial charge in [-0.1, -0.05) is 29.8 Å². The van der Waals surface area contributed by atoms with Crippen molar-refractivity contribution < 1.29 is 18.0 Å². The first kappa shape index (κ1) is 23.2. The summed E-state index contributed by atoms with van der Waals surface area (Å²) in [6.07, 6.45) is 1.04. The minimum Gasteiger partial charge on any atom is -0.350 e. The molecule has 0 aliphatic carbocycles. The quantitative estimate of drug-likeness (QED) is 0.738. The summed E-state index contributed by atoms with van der Waals surface area (Å²) >= 11 is 5.91. The lowest BCUT2D eigenvalue weighted by Crippen LogP contribution is -2.70. The molecule has 1 fully saturated rings. The topological polar surface area (TPSA) is 86.8 Å². The highest BCUT2D eigenvalue weighted by Crippen LogP contribution is 2.31. The molecule has 2 amide bonds. The number of carbonyl (C=O) groups is 2. The summed E-state index contributed by atoms with van der Waals surface area (Å²) in [6.45, 7) is 5.24. The monoisotopic (exact) mass is 463 g/mol. The van der Waals surface area contributed by atoms with Gasteiger partial charge in [-0.15, -0.1) is 0 Å². The molecule has 0 bridgehead atoms. The van der Waals surface area contributed by atoms with Crippen LogP contribution in [0.25, 0.3) is 0 Å². The molecule has 7 nitrogen and oxygen atoms in total. The van der Waals surface area contributed by atoms with Crippen molar-refractivity contribution in [3.8, 4) is 0 Å². The van der Waals surface area contributed by atoms with Gasteiger partial charge in [0.25, 0.3) is 0 Å². The lowest BCUT2D eigenvalue weighted by molar-refractivity contribution is -0.133. The first-order chi connectivity index (χ1) is 14.4. The molecule has 0 spiro atoms. The van der Waals surface area contributed by atoms with E-state index < -0.39 is 27.4 Å². The van der Waals surface area contributed by atoms with E-state index in [1.807, 2.05) is 26.0 Å². The zero-order valence-corrected chi connectivity index (χ0v) is 19.5.